The number of carbonyl (C=O) groups is 2. The van der Waals surface area contributed by atoms with Gasteiger partial charge < -0.3 is 9.47 Å². The van der Waals surface area contributed by atoms with Gasteiger partial charge in [-0.2, -0.15) is 0 Å². The fourth-order valence-corrected chi connectivity index (χ4v) is 2.18. The highest BCUT2D eigenvalue weighted by Gasteiger charge is 2.37. The van der Waals surface area contributed by atoms with Crippen molar-refractivity contribution in [1.82, 2.24) is 0 Å². The molecule has 0 aromatic heterocycles. The highest BCUT2D eigenvalue weighted by molar-refractivity contribution is 5.81. The van der Waals surface area contributed by atoms with Gasteiger partial charge in [0.05, 0.1) is 12.5 Å². The quantitative estimate of drug-likeness (QED) is 0.721. The SMILES string of the molecule is CCC(C)CC(C(=O)OC1CCOC1=O)C(C)(C)C. The van der Waals surface area contributed by atoms with Gasteiger partial charge in [-0.05, 0) is 17.8 Å². The summed E-state index contributed by atoms with van der Waals surface area (Å²) in [4.78, 5) is 23.7. The number of esters is 2. The molecule has 0 aromatic rings. The minimum atomic E-state index is -0.700. The lowest BCUT2D eigenvalue weighted by Crippen LogP contribution is -2.35. The molecule has 1 fully saturated rings. The molecule has 110 valence electrons. The Kier molecular flexibility index (Phi) is 5.39. The third kappa shape index (κ3) is 4.51. The summed E-state index contributed by atoms with van der Waals surface area (Å²) in [6, 6.07) is 0. The van der Waals surface area contributed by atoms with Crippen LogP contribution < -0.4 is 0 Å². The maximum Gasteiger partial charge on any atom is 0.347 e. The van der Waals surface area contributed by atoms with E-state index in [0.29, 0.717) is 18.9 Å². The molecule has 1 heterocycles. The molecule has 1 rings (SSSR count). The summed E-state index contributed by atoms with van der Waals surface area (Å²) in [5.74, 6) is -0.399. The van der Waals surface area contributed by atoms with Gasteiger partial charge in [0.25, 0.3) is 0 Å². The van der Waals surface area contributed by atoms with Crippen LogP contribution in [-0.2, 0) is 19.1 Å². The van der Waals surface area contributed by atoms with E-state index in [0.717, 1.165) is 12.8 Å². The molecule has 0 bridgehead atoms. The minimum Gasteiger partial charge on any atom is -0.463 e. The van der Waals surface area contributed by atoms with Crippen molar-refractivity contribution >= 4 is 11.9 Å². The average Bonchev–Trinajstić information content (AvgIpc) is 2.69. The van der Waals surface area contributed by atoms with Crippen molar-refractivity contribution in [3.63, 3.8) is 0 Å². The molecule has 3 atom stereocenters. The molecule has 1 aliphatic rings. The van der Waals surface area contributed by atoms with Gasteiger partial charge in [0.1, 0.15) is 0 Å². The monoisotopic (exact) mass is 270 g/mol. The van der Waals surface area contributed by atoms with Gasteiger partial charge in [0, 0.05) is 6.42 Å². The molecular formula is C15H26O4. The lowest BCUT2D eigenvalue weighted by molar-refractivity contribution is -0.166. The van der Waals surface area contributed by atoms with Crippen molar-refractivity contribution in [2.24, 2.45) is 17.3 Å². The second-order valence-electron chi connectivity index (χ2n) is 6.55. The Hall–Kier alpha value is -1.06. The number of cyclic esters (lactones) is 1. The lowest BCUT2D eigenvalue weighted by Gasteiger charge is -2.31. The van der Waals surface area contributed by atoms with Crippen LogP contribution in [0.5, 0.6) is 0 Å². The Balaban J connectivity index is 2.68. The van der Waals surface area contributed by atoms with Crippen LogP contribution in [0.25, 0.3) is 0 Å². The van der Waals surface area contributed by atoms with E-state index in [1.165, 1.54) is 0 Å². The highest BCUT2D eigenvalue weighted by atomic mass is 16.6. The summed E-state index contributed by atoms with van der Waals surface area (Å²) in [5.41, 5.74) is -0.164. The summed E-state index contributed by atoms with van der Waals surface area (Å²) < 4.78 is 10.2. The van der Waals surface area contributed by atoms with E-state index >= 15 is 0 Å². The standard InChI is InChI=1S/C15H26O4/c1-6-10(2)9-11(15(3,4)5)13(16)19-12-7-8-18-14(12)17/h10-12H,6-9H2,1-5H3. The number of hydrogen-bond donors (Lipinski definition) is 0. The molecule has 4 nitrogen and oxygen atoms in total. The van der Waals surface area contributed by atoms with E-state index in [1.807, 2.05) is 20.8 Å². The third-order valence-corrected chi connectivity index (χ3v) is 3.81. The van der Waals surface area contributed by atoms with Crippen molar-refractivity contribution in [2.75, 3.05) is 6.61 Å². The molecule has 0 aliphatic carbocycles. The maximum atomic E-state index is 12.3. The zero-order valence-electron chi connectivity index (χ0n) is 12.7. The average molecular weight is 270 g/mol. The summed E-state index contributed by atoms with van der Waals surface area (Å²) in [6.07, 6.45) is 1.60. The molecule has 0 spiro atoms. The highest BCUT2D eigenvalue weighted by Crippen LogP contribution is 2.33. The van der Waals surface area contributed by atoms with Crippen LogP contribution in [0.15, 0.2) is 0 Å². The van der Waals surface area contributed by atoms with E-state index in [2.05, 4.69) is 13.8 Å². The van der Waals surface area contributed by atoms with Crippen LogP contribution in [0.1, 0.15) is 53.9 Å². The largest absolute Gasteiger partial charge is 0.463 e. The molecule has 1 aliphatic heterocycles. The fraction of sp³-hybridized carbons (Fsp3) is 0.867. The Labute approximate surface area is 115 Å². The van der Waals surface area contributed by atoms with Crippen molar-refractivity contribution in [3.05, 3.63) is 0 Å². The molecule has 0 N–H and O–H groups in total. The van der Waals surface area contributed by atoms with E-state index < -0.39 is 12.1 Å². The fourth-order valence-electron chi connectivity index (χ4n) is 2.18. The topological polar surface area (TPSA) is 52.6 Å². The van der Waals surface area contributed by atoms with Crippen molar-refractivity contribution < 1.29 is 19.1 Å². The summed E-state index contributed by atoms with van der Waals surface area (Å²) in [7, 11) is 0. The number of hydrogen-bond acceptors (Lipinski definition) is 4. The predicted molar refractivity (Wildman–Crippen MR) is 72.5 cm³/mol. The minimum absolute atomic E-state index is 0.164. The number of rotatable bonds is 5. The van der Waals surface area contributed by atoms with Crippen molar-refractivity contribution in [2.45, 2.75) is 60.0 Å². The Morgan fingerprint density at radius 2 is 2.11 bits per heavy atom. The lowest BCUT2D eigenvalue weighted by atomic mass is 9.75. The van der Waals surface area contributed by atoms with Gasteiger partial charge in [0.15, 0.2) is 0 Å². The Morgan fingerprint density at radius 1 is 1.47 bits per heavy atom. The zero-order valence-corrected chi connectivity index (χ0v) is 12.7. The second-order valence-corrected chi connectivity index (χ2v) is 6.55. The second kappa shape index (κ2) is 6.40. The number of ether oxygens (including phenoxy) is 2. The van der Waals surface area contributed by atoms with E-state index in [9.17, 15) is 9.59 Å². The van der Waals surface area contributed by atoms with Crippen molar-refractivity contribution in [1.29, 1.82) is 0 Å². The predicted octanol–water partition coefficient (Wildman–Crippen LogP) is 2.94. The number of carbonyl (C=O) groups excluding carboxylic acids is 2. The van der Waals surface area contributed by atoms with E-state index in [1.54, 1.807) is 0 Å². The van der Waals surface area contributed by atoms with Crippen LogP contribution in [-0.4, -0.2) is 24.6 Å². The maximum absolute atomic E-state index is 12.3. The van der Waals surface area contributed by atoms with Gasteiger partial charge >= 0.3 is 11.9 Å². The molecule has 0 saturated carbocycles. The zero-order chi connectivity index (χ0) is 14.6. The van der Waals surface area contributed by atoms with Crippen LogP contribution in [0.4, 0.5) is 0 Å². The summed E-state index contributed by atoms with van der Waals surface area (Å²) in [6.45, 7) is 10.7. The van der Waals surface area contributed by atoms with Gasteiger partial charge in [-0.15, -0.1) is 0 Å². The molecule has 19 heavy (non-hydrogen) atoms. The first-order chi connectivity index (χ1) is 8.75. The van der Waals surface area contributed by atoms with Crippen LogP contribution in [0.2, 0.25) is 0 Å². The van der Waals surface area contributed by atoms with Gasteiger partial charge in [-0.25, -0.2) is 4.79 Å². The smallest absolute Gasteiger partial charge is 0.347 e. The van der Waals surface area contributed by atoms with Crippen LogP contribution in [0, 0.1) is 17.3 Å². The van der Waals surface area contributed by atoms with E-state index in [4.69, 9.17) is 9.47 Å². The first-order valence-corrected chi connectivity index (χ1v) is 7.12. The van der Waals surface area contributed by atoms with Crippen LogP contribution >= 0.6 is 0 Å². The Morgan fingerprint density at radius 3 is 2.53 bits per heavy atom. The molecule has 0 amide bonds. The molecule has 4 heteroatoms. The molecule has 0 radical (unpaired) electrons. The summed E-state index contributed by atoms with van der Waals surface area (Å²) in [5, 5.41) is 0. The van der Waals surface area contributed by atoms with Crippen LogP contribution in [0.3, 0.4) is 0 Å². The molecule has 3 unspecified atom stereocenters. The Bertz CT molecular complexity index is 330. The van der Waals surface area contributed by atoms with E-state index in [-0.39, 0.29) is 17.3 Å². The normalized spacial score (nSPS) is 22.8. The molecule has 0 aromatic carbocycles. The first-order valence-electron chi connectivity index (χ1n) is 7.12. The third-order valence-electron chi connectivity index (χ3n) is 3.81. The van der Waals surface area contributed by atoms with Gasteiger partial charge in [-0.3, -0.25) is 4.79 Å². The molecule has 1 saturated heterocycles. The first kappa shape index (κ1) is 16.0. The molecular weight excluding hydrogens is 244 g/mol. The van der Waals surface area contributed by atoms with Gasteiger partial charge in [0.2, 0.25) is 6.10 Å². The summed E-state index contributed by atoms with van der Waals surface area (Å²) >= 11 is 0. The van der Waals surface area contributed by atoms with Crippen molar-refractivity contribution in [3.8, 4) is 0 Å². The van der Waals surface area contributed by atoms with Gasteiger partial charge in [-0.1, -0.05) is 41.0 Å².